The lowest BCUT2D eigenvalue weighted by Crippen LogP contribution is -2.43. The van der Waals surface area contributed by atoms with E-state index in [0.717, 1.165) is 28.9 Å². The molecule has 7 heteroatoms. The zero-order valence-corrected chi connectivity index (χ0v) is 16.2. The van der Waals surface area contributed by atoms with Crippen molar-refractivity contribution < 1.29 is 17.6 Å². The number of halogens is 1. The Morgan fingerprint density at radius 3 is 2.37 bits per heavy atom. The summed E-state index contributed by atoms with van der Waals surface area (Å²) < 4.78 is 40.0. The lowest BCUT2D eigenvalue weighted by Gasteiger charge is -2.31. The summed E-state index contributed by atoms with van der Waals surface area (Å²) >= 11 is 0. The zero-order chi connectivity index (χ0) is 19.6. The fourth-order valence-corrected chi connectivity index (χ4v) is 4.89. The smallest absolute Gasteiger partial charge is 0.243 e. The van der Waals surface area contributed by atoms with E-state index < -0.39 is 21.8 Å². The number of rotatable bonds is 4. The number of nitrogens with zero attached hydrogens (tertiary/aromatic N) is 1. The van der Waals surface area contributed by atoms with Crippen LogP contribution in [0.15, 0.2) is 47.4 Å². The summed E-state index contributed by atoms with van der Waals surface area (Å²) in [5.41, 5.74) is 2.71. The van der Waals surface area contributed by atoms with E-state index in [0.29, 0.717) is 19.4 Å². The summed E-state index contributed by atoms with van der Waals surface area (Å²) in [5, 5.41) is 2.96. The monoisotopic (exact) mass is 390 g/mol. The molecular formula is C20H23FN2O3S. The van der Waals surface area contributed by atoms with Gasteiger partial charge < -0.3 is 5.32 Å². The van der Waals surface area contributed by atoms with Crippen LogP contribution in [0, 0.1) is 25.6 Å². The van der Waals surface area contributed by atoms with Crippen molar-refractivity contribution in [2.75, 3.05) is 18.4 Å². The van der Waals surface area contributed by atoms with Gasteiger partial charge in [-0.1, -0.05) is 18.2 Å². The Kier molecular flexibility index (Phi) is 5.62. The molecule has 1 amide bonds. The minimum atomic E-state index is -3.75. The Hall–Kier alpha value is -2.25. The van der Waals surface area contributed by atoms with Crippen molar-refractivity contribution >= 4 is 21.6 Å². The van der Waals surface area contributed by atoms with E-state index in [4.69, 9.17) is 0 Å². The van der Waals surface area contributed by atoms with E-state index in [-0.39, 0.29) is 17.3 Å². The minimum absolute atomic E-state index is 0.0414. The molecule has 0 bridgehead atoms. The Labute approximate surface area is 159 Å². The lowest BCUT2D eigenvalue weighted by atomic mass is 9.98. The molecule has 1 saturated heterocycles. The number of nitrogens with one attached hydrogen (secondary N) is 1. The lowest BCUT2D eigenvalue weighted by molar-refractivity contribution is -0.120. The first-order valence-corrected chi connectivity index (χ1v) is 10.4. The number of benzene rings is 2. The van der Waals surface area contributed by atoms with Gasteiger partial charge in [0, 0.05) is 18.8 Å². The van der Waals surface area contributed by atoms with Gasteiger partial charge in [-0.05, 0) is 62.1 Å². The number of para-hydroxylation sites is 1. The molecule has 0 unspecified atom stereocenters. The maximum absolute atomic E-state index is 13.1. The van der Waals surface area contributed by atoms with E-state index in [9.17, 15) is 17.6 Å². The molecule has 5 nitrogen and oxygen atoms in total. The molecule has 0 spiro atoms. The van der Waals surface area contributed by atoms with Gasteiger partial charge in [0.25, 0.3) is 0 Å². The average Bonchev–Trinajstić information content (AvgIpc) is 2.65. The van der Waals surface area contributed by atoms with Gasteiger partial charge in [0.1, 0.15) is 5.82 Å². The summed E-state index contributed by atoms with van der Waals surface area (Å²) in [5.74, 6) is -1.09. The van der Waals surface area contributed by atoms with Crippen molar-refractivity contribution in [3.63, 3.8) is 0 Å². The quantitative estimate of drug-likeness (QED) is 0.869. The van der Waals surface area contributed by atoms with Gasteiger partial charge in [-0.15, -0.1) is 0 Å². The SMILES string of the molecule is Cc1cccc(C)c1NC(=O)[C@@H]1CCCN(S(=O)(=O)c2ccc(F)cc2)C1. The number of piperidine rings is 1. The van der Waals surface area contributed by atoms with E-state index in [1.54, 1.807) is 0 Å². The first-order valence-electron chi connectivity index (χ1n) is 8.92. The van der Waals surface area contributed by atoms with Gasteiger partial charge in [-0.2, -0.15) is 4.31 Å². The molecule has 0 radical (unpaired) electrons. The molecule has 27 heavy (non-hydrogen) atoms. The molecule has 0 aromatic heterocycles. The fourth-order valence-electron chi connectivity index (χ4n) is 3.37. The van der Waals surface area contributed by atoms with Crippen LogP contribution in [-0.4, -0.2) is 31.7 Å². The summed E-state index contributed by atoms with van der Waals surface area (Å²) in [6.07, 6.45) is 1.23. The molecule has 1 heterocycles. The second kappa shape index (κ2) is 7.78. The number of sulfonamides is 1. The van der Waals surface area contributed by atoms with Gasteiger partial charge in [0.2, 0.25) is 15.9 Å². The highest BCUT2D eigenvalue weighted by molar-refractivity contribution is 7.89. The second-order valence-electron chi connectivity index (χ2n) is 6.91. The number of aryl methyl sites for hydroxylation is 2. The molecule has 1 atom stereocenters. The number of amides is 1. The highest BCUT2D eigenvalue weighted by Crippen LogP contribution is 2.26. The number of hydrogen-bond donors (Lipinski definition) is 1. The van der Waals surface area contributed by atoms with Gasteiger partial charge >= 0.3 is 0 Å². The Morgan fingerprint density at radius 2 is 1.74 bits per heavy atom. The van der Waals surface area contributed by atoms with Gasteiger partial charge in [0.15, 0.2) is 0 Å². The van der Waals surface area contributed by atoms with Gasteiger partial charge in [0.05, 0.1) is 10.8 Å². The number of hydrogen-bond acceptors (Lipinski definition) is 3. The molecule has 1 aliphatic heterocycles. The summed E-state index contributed by atoms with van der Waals surface area (Å²) in [7, 11) is -3.75. The Balaban J connectivity index is 1.75. The van der Waals surface area contributed by atoms with Crippen molar-refractivity contribution in [3.05, 3.63) is 59.4 Å². The molecule has 1 aliphatic rings. The van der Waals surface area contributed by atoms with Crippen LogP contribution in [0.3, 0.4) is 0 Å². The third kappa shape index (κ3) is 4.20. The number of carbonyl (C=O) groups excluding carboxylic acids is 1. The predicted molar refractivity (Wildman–Crippen MR) is 102 cm³/mol. The third-order valence-corrected chi connectivity index (χ3v) is 6.82. The molecule has 3 rings (SSSR count). The normalized spacial score (nSPS) is 18.3. The zero-order valence-electron chi connectivity index (χ0n) is 15.4. The highest BCUT2D eigenvalue weighted by Gasteiger charge is 2.33. The largest absolute Gasteiger partial charge is 0.325 e. The molecule has 2 aromatic carbocycles. The van der Waals surface area contributed by atoms with Gasteiger partial charge in [-0.25, -0.2) is 12.8 Å². The van der Waals surface area contributed by atoms with E-state index >= 15 is 0 Å². The van der Waals surface area contributed by atoms with Crippen molar-refractivity contribution in [2.24, 2.45) is 5.92 Å². The molecule has 0 saturated carbocycles. The van der Waals surface area contributed by atoms with Crippen molar-refractivity contribution in [1.29, 1.82) is 0 Å². The Bertz CT molecular complexity index is 922. The van der Waals surface area contributed by atoms with Crippen LogP contribution in [0.2, 0.25) is 0 Å². The topological polar surface area (TPSA) is 66.5 Å². The summed E-state index contributed by atoms with van der Waals surface area (Å²) in [4.78, 5) is 12.8. The van der Waals surface area contributed by atoms with Crippen LogP contribution in [0.25, 0.3) is 0 Å². The average molecular weight is 390 g/mol. The van der Waals surface area contributed by atoms with Crippen LogP contribution >= 0.6 is 0 Å². The van der Waals surface area contributed by atoms with E-state index in [2.05, 4.69) is 5.32 Å². The molecule has 2 aromatic rings. The molecule has 0 aliphatic carbocycles. The third-order valence-electron chi connectivity index (χ3n) is 4.94. The van der Waals surface area contributed by atoms with Gasteiger partial charge in [-0.3, -0.25) is 4.79 Å². The molecular weight excluding hydrogens is 367 g/mol. The maximum atomic E-state index is 13.1. The standard InChI is InChI=1S/C20H23FN2O3S/c1-14-5-3-6-15(2)19(14)22-20(24)16-7-4-12-23(13-16)27(25,26)18-10-8-17(21)9-11-18/h3,5-6,8-11,16H,4,7,12-13H2,1-2H3,(H,22,24)/t16-/m1/s1. The first kappa shape index (κ1) is 19.5. The van der Waals surface area contributed by atoms with E-state index in [1.807, 2.05) is 32.0 Å². The molecule has 1 N–H and O–H groups in total. The predicted octanol–water partition coefficient (Wildman–Crippen LogP) is 3.48. The molecule has 144 valence electrons. The number of anilines is 1. The fraction of sp³-hybridized carbons (Fsp3) is 0.350. The van der Waals surface area contributed by atoms with Crippen molar-refractivity contribution in [2.45, 2.75) is 31.6 Å². The highest BCUT2D eigenvalue weighted by atomic mass is 32.2. The van der Waals surface area contributed by atoms with Crippen LogP contribution in [-0.2, 0) is 14.8 Å². The Morgan fingerprint density at radius 1 is 1.11 bits per heavy atom. The second-order valence-corrected chi connectivity index (χ2v) is 8.85. The van der Waals surface area contributed by atoms with Crippen LogP contribution in [0.5, 0.6) is 0 Å². The van der Waals surface area contributed by atoms with E-state index in [1.165, 1.54) is 16.4 Å². The summed E-state index contributed by atoms with van der Waals surface area (Å²) in [6, 6.07) is 10.5. The van der Waals surface area contributed by atoms with Crippen LogP contribution < -0.4 is 5.32 Å². The minimum Gasteiger partial charge on any atom is -0.325 e. The van der Waals surface area contributed by atoms with Crippen molar-refractivity contribution in [1.82, 2.24) is 4.31 Å². The van der Waals surface area contributed by atoms with Crippen LogP contribution in [0.1, 0.15) is 24.0 Å². The molecule has 1 fully saturated rings. The maximum Gasteiger partial charge on any atom is 0.243 e. The number of carbonyl (C=O) groups is 1. The van der Waals surface area contributed by atoms with Crippen LogP contribution in [0.4, 0.5) is 10.1 Å². The van der Waals surface area contributed by atoms with Crippen molar-refractivity contribution in [3.8, 4) is 0 Å². The summed E-state index contributed by atoms with van der Waals surface area (Å²) in [6.45, 7) is 4.33. The first-order chi connectivity index (χ1) is 12.8.